The molecule has 2 N–H and O–H groups in total. The zero-order chi connectivity index (χ0) is 16.9. The Kier molecular flexibility index (Phi) is 4.77. The predicted molar refractivity (Wildman–Crippen MR) is 98.1 cm³/mol. The number of hydrogen-bond donors (Lipinski definition) is 2. The van der Waals surface area contributed by atoms with Crippen LogP contribution in [0.15, 0.2) is 67.0 Å². The summed E-state index contributed by atoms with van der Waals surface area (Å²) < 4.78 is 0. The van der Waals surface area contributed by atoms with Gasteiger partial charge in [-0.25, -0.2) is 0 Å². The third-order valence-electron chi connectivity index (χ3n) is 3.53. The summed E-state index contributed by atoms with van der Waals surface area (Å²) in [5.74, 6) is -0.224. The number of pyridine rings is 1. The van der Waals surface area contributed by atoms with Gasteiger partial charge in [-0.2, -0.15) is 0 Å². The summed E-state index contributed by atoms with van der Waals surface area (Å²) in [4.78, 5) is 16.5. The third kappa shape index (κ3) is 3.91. The largest absolute Gasteiger partial charge is 0.354 e. The SMILES string of the molecule is Cc1ccccc1Nc1cncc(C(=O)Nc2ccc(Cl)cc2)c1. The van der Waals surface area contributed by atoms with Gasteiger partial charge in [0.2, 0.25) is 0 Å². The minimum Gasteiger partial charge on any atom is -0.354 e. The van der Waals surface area contributed by atoms with Crippen molar-refractivity contribution in [3.05, 3.63) is 83.1 Å². The average Bonchev–Trinajstić information content (AvgIpc) is 2.59. The maximum Gasteiger partial charge on any atom is 0.257 e. The smallest absolute Gasteiger partial charge is 0.257 e. The Bertz CT molecular complexity index is 862. The number of halogens is 1. The molecule has 0 saturated carbocycles. The summed E-state index contributed by atoms with van der Waals surface area (Å²) in [7, 11) is 0. The molecule has 3 rings (SSSR count). The van der Waals surface area contributed by atoms with Gasteiger partial charge in [0.15, 0.2) is 0 Å². The number of aryl methyl sites for hydroxylation is 1. The van der Waals surface area contributed by atoms with Crippen LogP contribution >= 0.6 is 11.6 Å². The normalized spacial score (nSPS) is 10.2. The Morgan fingerprint density at radius 2 is 1.75 bits per heavy atom. The second kappa shape index (κ2) is 7.15. The number of benzene rings is 2. The molecule has 4 nitrogen and oxygen atoms in total. The molecule has 24 heavy (non-hydrogen) atoms. The first-order valence-corrected chi connectivity index (χ1v) is 7.84. The summed E-state index contributed by atoms with van der Waals surface area (Å²) >= 11 is 5.84. The van der Waals surface area contributed by atoms with Crippen LogP contribution in [0.1, 0.15) is 15.9 Å². The topological polar surface area (TPSA) is 54.0 Å². The summed E-state index contributed by atoms with van der Waals surface area (Å²) in [6.45, 7) is 2.02. The molecule has 0 aliphatic carbocycles. The number of amides is 1. The molecule has 1 aromatic heterocycles. The van der Waals surface area contributed by atoms with Crippen molar-refractivity contribution in [3.8, 4) is 0 Å². The summed E-state index contributed by atoms with van der Waals surface area (Å²) in [6.07, 6.45) is 3.22. The van der Waals surface area contributed by atoms with E-state index in [0.717, 1.165) is 16.9 Å². The van der Waals surface area contributed by atoms with Gasteiger partial charge in [-0.3, -0.25) is 9.78 Å². The van der Waals surface area contributed by atoms with Gasteiger partial charge in [-0.15, -0.1) is 0 Å². The minimum absolute atomic E-state index is 0.224. The number of carbonyl (C=O) groups excluding carboxylic acids is 1. The highest BCUT2D eigenvalue weighted by Crippen LogP contribution is 2.21. The van der Waals surface area contributed by atoms with Crippen LogP contribution in [0.3, 0.4) is 0 Å². The third-order valence-corrected chi connectivity index (χ3v) is 3.78. The quantitative estimate of drug-likeness (QED) is 0.701. The van der Waals surface area contributed by atoms with Gasteiger partial charge in [0.05, 0.1) is 17.4 Å². The Hall–Kier alpha value is -2.85. The van der Waals surface area contributed by atoms with E-state index in [1.807, 2.05) is 31.2 Å². The maximum atomic E-state index is 12.4. The molecule has 1 heterocycles. The molecule has 0 atom stereocenters. The van der Waals surface area contributed by atoms with Gasteiger partial charge in [0.1, 0.15) is 0 Å². The number of rotatable bonds is 4. The van der Waals surface area contributed by atoms with Crippen molar-refractivity contribution >= 4 is 34.6 Å². The van der Waals surface area contributed by atoms with E-state index in [1.165, 1.54) is 6.20 Å². The van der Waals surface area contributed by atoms with Crippen molar-refractivity contribution in [3.63, 3.8) is 0 Å². The number of nitrogens with zero attached hydrogens (tertiary/aromatic N) is 1. The second-order valence-corrected chi connectivity index (χ2v) is 5.80. The minimum atomic E-state index is -0.224. The van der Waals surface area contributed by atoms with Gasteiger partial charge in [-0.05, 0) is 48.9 Å². The first kappa shape index (κ1) is 16.0. The fourth-order valence-electron chi connectivity index (χ4n) is 2.24. The molecule has 120 valence electrons. The van der Waals surface area contributed by atoms with E-state index in [0.29, 0.717) is 16.3 Å². The van der Waals surface area contributed by atoms with Crippen molar-refractivity contribution in [2.45, 2.75) is 6.92 Å². The molecule has 0 saturated heterocycles. The van der Waals surface area contributed by atoms with Crippen LogP contribution in [0.5, 0.6) is 0 Å². The number of para-hydroxylation sites is 1. The Morgan fingerprint density at radius 1 is 1.00 bits per heavy atom. The van der Waals surface area contributed by atoms with Crippen LogP contribution in [0.2, 0.25) is 5.02 Å². The first-order chi connectivity index (χ1) is 11.6. The lowest BCUT2D eigenvalue weighted by Crippen LogP contribution is -2.12. The lowest BCUT2D eigenvalue weighted by Gasteiger charge is -2.10. The number of anilines is 3. The van der Waals surface area contributed by atoms with Crippen molar-refractivity contribution in [1.82, 2.24) is 4.98 Å². The second-order valence-electron chi connectivity index (χ2n) is 5.36. The molecule has 0 bridgehead atoms. The van der Waals surface area contributed by atoms with Crippen molar-refractivity contribution in [2.24, 2.45) is 0 Å². The molecule has 0 aliphatic rings. The number of hydrogen-bond acceptors (Lipinski definition) is 3. The lowest BCUT2D eigenvalue weighted by molar-refractivity contribution is 0.102. The Labute approximate surface area is 145 Å². The standard InChI is InChI=1S/C19H16ClN3O/c1-13-4-2-3-5-18(13)22-17-10-14(11-21-12-17)19(24)23-16-8-6-15(20)7-9-16/h2-12,22H,1H3,(H,23,24). The summed E-state index contributed by atoms with van der Waals surface area (Å²) in [6, 6.07) is 16.7. The molecule has 0 unspecified atom stereocenters. The number of aromatic nitrogens is 1. The Morgan fingerprint density at radius 3 is 2.50 bits per heavy atom. The molecule has 1 amide bonds. The lowest BCUT2D eigenvalue weighted by atomic mass is 10.2. The summed E-state index contributed by atoms with van der Waals surface area (Å²) in [5, 5.41) is 6.73. The maximum absolute atomic E-state index is 12.4. The molecular weight excluding hydrogens is 322 g/mol. The highest BCUT2D eigenvalue weighted by Gasteiger charge is 2.08. The number of nitrogens with one attached hydrogen (secondary N) is 2. The van der Waals surface area contributed by atoms with Crippen LogP contribution in [0.25, 0.3) is 0 Å². The van der Waals surface area contributed by atoms with E-state index in [9.17, 15) is 4.79 Å². The first-order valence-electron chi connectivity index (χ1n) is 7.46. The zero-order valence-electron chi connectivity index (χ0n) is 13.1. The van der Waals surface area contributed by atoms with E-state index in [-0.39, 0.29) is 5.91 Å². The van der Waals surface area contributed by atoms with Gasteiger partial charge in [-0.1, -0.05) is 29.8 Å². The fraction of sp³-hybridized carbons (Fsp3) is 0.0526. The highest BCUT2D eigenvalue weighted by molar-refractivity contribution is 6.30. The van der Waals surface area contributed by atoms with Gasteiger partial charge in [0, 0.05) is 22.6 Å². The van der Waals surface area contributed by atoms with E-state index in [1.54, 1.807) is 36.5 Å². The van der Waals surface area contributed by atoms with Crippen LogP contribution < -0.4 is 10.6 Å². The van der Waals surface area contributed by atoms with Crippen molar-refractivity contribution in [1.29, 1.82) is 0 Å². The van der Waals surface area contributed by atoms with E-state index in [2.05, 4.69) is 15.6 Å². The molecule has 5 heteroatoms. The highest BCUT2D eigenvalue weighted by atomic mass is 35.5. The monoisotopic (exact) mass is 337 g/mol. The molecule has 2 aromatic carbocycles. The fourth-order valence-corrected chi connectivity index (χ4v) is 2.36. The van der Waals surface area contributed by atoms with Crippen LogP contribution in [0.4, 0.5) is 17.1 Å². The van der Waals surface area contributed by atoms with Gasteiger partial charge in [0.25, 0.3) is 5.91 Å². The van der Waals surface area contributed by atoms with E-state index < -0.39 is 0 Å². The predicted octanol–water partition coefficient (Wildman–Crippen LogP) is 5.04. The van der Waals surface area contributed by atoms with Crippen LogP contribution in [-0.4, -0.2) is 10.9 Å². The molecular formula is C19H16ClN3O. The van der Waals surface area contributed by atoms with Crippen molar-refractivity contribution < 1.29 is 4.79 Å². The summed E-state index contributed by atoms with van der Waals surface area (Å²) in [5.41, 5.74) is 4.02. The van der Waals surface area contributed by atoms with Gasteiger partial charge >= 0.3 is 0 Å². The van der Waals surface area contributed by atoms with E-state index in [4.69, 9.17) is 11.6 Å². The molecule has 0 aliphatic heterocycles. The van der Waals surface area contributed by atoms with E-state index >= 15 is 0 Å². The van der Waals surface area contributed by atoms with Crippen molar-refractivity contribution in [2.75, 3.05) is 10.6 Å². The molecule has 0 fully saturated rings. The molecule has 0 spiro atoms. The molecule has 3 aromatic rings. The van der Waals surface area contributed by atoms with Gasteiger partial charge < -0.3 is 10.6 Å². The zero-order valence-corrected chi connectivity index (χ0v) is 13.8. The number of carbonyl (C=O) groups is 1. The van der Waals surface area contributed by atoms with Crippen LogP contribution in [-0.2, 0) is 0 Å². The molecule has 0 radical (unpaired) electrons. The Balaban J connectivity index is 1.76. The average molecular weight is 338 g/mol. The van der Waals surface area contributed by atoms with Crippen LogP contribution in [0, 0.1) is 6.92 Å².